The zero-order valence-corrected chi connectivity index (χ0v) is 12.0. The van der Waals surface area contributed by atoms with Crippen LogP contribution in [0.25, 0.3) is 0 Å². The van der Waals surface area contributed by atoms with E-state index in [1.54, 1.807) is 0 Å². The molecular formula is C14H17BrN2O. The van der Waals surface area contributed by atoms with Crippen LogP contribution in [0.15, 0.2) is 22.7 Å². The SMILES string of the molecule is C[C@@H](O)[C@@H]1CCCN(c2ccc(Br)cc2C#N)C1. The summed E-state index contributed by atoms with van der Waals surface area (Å²) in [6.07, 6.45) is 1.84. The molecular weight excluding hydrogens is 292 g/mol. The van der Waals surface area contributed by atoms with Crippen molar-refractivity contribution in [1.82, 2.24) is 0 Å². The van der Waals surface area contributed by atoms with Gasteiger partial charge in [0.2, 0.25) is 0 Å². The number of nitriles is 1. The molecule has 0 amide bonds. The molecule has 1 aromatic rings. The molecule has 4 heteroatoms. The lowest BCUT2D eigenvalue weighted by Crippen LogP contribution is -2.39. The molecule has 1 heterocycles. The maximum Gasteiger partial charge on any atom is 0.101 e. The predicted octanol–water partition coefficient (Wildman–Crippen LogP) is 2.92. The minimum atomic E-state index is -0.284. The van der Waals surface area contributed by atoms with Crippen molar-refractivity contribution in [3.05, 3.63) is 28.2 Å². The van der Waals surface area contributed by atoms with Crippen LogP contribution in [0.1, 0.15) is 25.3 Å². The standard InChI is InChI=1S/C14H17BrN2O/c1-10(18)11-3-2-6-17(9-11)14-5-4-13(15)7-12(14)8-16/h4-5,7,10-11,18H,2-3,6,9H2,1H3/t10-,11-/m1/s1. The Morgan fingerprint density at radius 2 is 2.33 bits per heavy atom. The van der Waals surface area contributed by atoms with E-state index in [9.17, 15) is 10.4 Å². The van der Waals surface area contributed by atoms with Gasteiger partial charge >= 0.3 is 0 Å². The molecule has 0 spiro atoms. The van der Waals surface area contributed by atoms with E-state index < -0.39 is 0 Å². The number of benzene rings is 1. The average Bonchev–Trinajstić information content (AvgIpc) is 2.38. The maximum absolute atomic E-state index is 9.71. The highest BCUT2D eigenvalue weighted by Gasteiger charge is 2.24. The third-order valence-electron chi connectivity index (χ3n) is 3.56. The summed E-state index contributed by atoms with van der Waals surface area (Å²) in [5.41, 5.74) is 1.67. The van der Waals surface area contributed by atoms with E-state index in [1.807, 2.05) is 25.1 Å². The highest BCUT2D eigenvalue weighted by molar-refractivity contribution is 9.10. The Labute approximate surface area is 116 Å². The molecule has 18 heavy (non-hydrogen) atoms. The number of hydrogen-bond donors (Lipinski definition) is 1. The van der Waals surface area contributed by atoms with Crippen LogP contribution in [0.2, 0.25) is 0 Å². The van der Waals surface area contributed by atoms with Gasteiger partial charge in [-0.3, -0.25) is 0 Å². The third-order valence-corrected chi connectivity index (χ3v) is 4.05. The van der Waals surface area contributed by atoms with Crippen LogP contribution in [-0.2, 0) is 0 Å². The molecule has 1 aromatic carbocycles. The molecule has 96 valence electrons. The zero-order chi connectivity index (χ0) is 13.1. The fourth-order valence-electron chi connectivity index (χ4n) is 2.50. The van der Waals surface area contributed by atoms with Crippen molar-refractivity contribution in [2.75, 3.05) is 18.0 Å². The summed E-state index contributed by atoms with van der Waals surface area (Å²) >= 11 is 3.39. The fourth-order valence-corrected chi connectivity index (χ4v) is 2.86. The van der Waals surface area contributed by atoms with E-state index in [0.29, 0.717) is 11.5 Å². The number of nitrogens with zero attached hydrogens (tertiary/aromatic N) is 2. The van der Waals surface area contributed by atoms with Crippen molar-refractivity contribution in [3.63, 3.8) is 0 Å². The lowest BCUT2D eigenvalue weighted by Gasteiger charge is -2.36. The highest BCUT2D eigenvalue weighted by atomic mass is 79.9. The van der Waals surface area contributed by atoms with E-state index in [1.165, 1.54) is 0 Å². The summed E-state index contributed by atoms with van der Waals surface area (Å²) in [5.74, 6) is 0.300. The van der Waals surface area contributed by atoms with Gasteiger partial charge in [-0.15, -0.1) is 0 Å². The molecule has 3 nitrogen and oxygen atoms in total. The molecule has 0 radical (unpaired) electrons. The van der Waals surface area contributed by atoms with Crippen LogP contribution in [0.3, 0.4) is 0 Å². The van der Waals surface area contributed by atoms with Crippen LogP contribution in [-0.4, -0.2) is 24.3 Å². The first kappa shape index (κ1) is 13.4. The summed E-state index contributed by atoms with van der Waals surface area (Å²) in [7, 11) is 0. The van der Waals surface area contributed by atoms with E-state index in [-0.39, 0.29) is 6.10 Å². The largest absolute Gasteiger partial charge is 0.393 e. The first-order chi connectivity index (χ1) is 8.61. The van der Waals surface area contributed by atoms with Gasteiger partial charge < -0.3 is 10.0 Å². The van der Waals surface area contributed by atoms with Crippen molar-refractivity contribution < 1.29 is 5.11 Å². The van der Waals surface area contributed by atoms with E-state index in [2.05, 4.69) is 26.9 Å². The van der Waals surface area contributed by atoms with Gasteiger partial charge in [0.1, 0.15) is 6.07 Å². The maximum atomic E-state index is 9.71. The molecule has 1 saturated heterocycles. The molecule has 1 fully saturated rings. The quantitative estimate of drug-likeness (QED) is 0.914. The second kappa shape index (κ2) is 5.73. The van der Waals surface area contributed by atoms with Crippen molar-refractivity contribution in [3.8, 4) is 6.07 Å². The summed E-state index contributed by atoms with van der Waals surface area (Å²) in [4.78, 5) is 2.21. The van der Waals surface area contributed by atoms with Crippen LogP contribution < -0.4 is 4.90 Å². The normalized spacial score (nSPS) is 21.4. The number of anilines is 1. The van der Waals surface area contributed by atoms with Crippen LogP contribution in [0.4, 0.5) is 5.69 Å². The summed E-state index contributed by atoms with van der Waals surface area (Å²) in [5, 5.41) is 18.9. The number of hydrogen-bond acceptors (Lipinski definition) is 3. The Morgan fingerprint density at radius 1 is 1.56 bits per heavy atom. The molecule has 2 rings (SSSR count). The Kier molecular flexibility index (Phi) is 4.26. The Hall–Kier alpha value is -1.05. The third kappa shape index (κ3) is 2.85. The molecule has 1 aliphatic heterocycles. The van der Waals surface area contributed by atoms with Gasteiger partial charge in [0.25, 0.3) is 0 Å². The summed E-state index contributed by atoms with van der Waals surface area (Å²) in [6.45, 7) is 3.63. The van der Waals surface area contributed by atoms with Gasteiger partial charge in [-0.05, 0) is 38.0 Å². The van der Waals surface area contributed by atoms with Crippen molar-refractivity contribution in [2.24, 2.45) is 5.92 Å². The number of rotatable bonds is 2. The Bertz CT molecular complexity index is 467. The van der Waals surface area contributed by atoms with Gasteiger partial charge in [0.15, 0.2) is 0 Å². The van der Waals surface area contributed by atoms with Gasteiger partial charge in [-0.1, -0.05) is 15.9 Å². The predicted molar refractivity (Wildman–Crippen MR) is 75.5 cm³/mol. The highest BCUT2D eigenvalue weighted by Crippen LogP contribution is 2.29. The lowest BCUT2D eigenvalue weighted by atomic mass is 9.93. The summed E-state index contributed by atoms with van der Waals surface area (Å²) < 4.78 is 0.923. The second-order valence-corrected chi connectivity index (χ2v) is 5.78. The van der Waals surface area contributed by atoms with Gasteiger partial charge in [0.05, 0.1) is 17.4 Å². The van der Waals surface area contributed by atoms with Crippen molar-refractivity contribution in [2.45, 2.75) is 25.9 Å². The zero-order valence-electron chi connectivity index (χ0n) is 10.4. The monoisotopic (exact) mass is 308 g/mol. The van der Waals surface area contributed by atoms with Crippen LogP contribution in [0.5, 0.6) is 0 Å². The van der Waals surface area contributed by atoms with Gasteiger partial charge in [-0.2, -0.15) is 5.26 Å². The molecule has 1 aliphatic rings. The average molecular weight is 309 g/mol. The summed E-state index contributed by atoms with van der Waals surface area (Å²) in [6, 6.07) is 8.03. The Morgan fingerprint density at radius 3 is 3.00 bits per heavy atom. The lowest BCUT2D eigenvalue weighted by molar-refractivity contribution is 0.115. The number of piperidine rings is 1. The molecule has 0 aromatic heterocycles. The first-order valence-corrected chi connectivity index (χ1v) is 7.04. The molecule has 0 unspecified atom stereocenters. The van der Waals surface area contributed by atoms with Gasteiger partial charge in [-0.25, -0.2) is 0 Å². The van der Waals surface area contributed by atoms with Crippen molar-refractivity contribution in [1.29, 1.82) is 5.26 Å². The van der Waals surface area contributed by atoms with Gasteiger partial charge in [0, 0.05) is 23.5 Å². The van der Waals surface area contributed by atoms with E-state index >= 15 is 0 Å². The molecule has 0 bridgehead atoms. The van der Waals surface area contributed by atoms with Crippen molar-refractivity contribution >= 4 is 21.6 Å². The van der Waals surface area contributed by atoms with E-state index in [4.69, 9.17) is 0 Å². The fraction of sp³-hybridized carbons (Fsp3) is 0.500. The topological polar surface area (TPSA) is 47.3 Å². The molecule has 2 atom stereocenters. The molecule has 1 N–H and O–H groups in total. The first-order valence-electron chi connectivity index (χ1n) is 6.24. The van der Waals surface area contributed by atoms with E-state index in [0.717, 1.165) is 36.1 Å². The minimum absolute atomic E-state index is 0.284. The minimum Gasteiger partial charge on any atom is -0.393 e. The van der Waals surface area contributed by atoms with Crippen LogP contribution >= 0.6 is 15.9 Å². The van der Waals surface area contributed by atoms with Crippen LogP contribution in [0, 0.1) is 17.2 Å². The smallest absolute Gasteiger partial charge is 0.101 e. The molecule has 0 aliphatic carbocycles. The second-order valence-electron chi connectivity index (χ2n) is 4.86. The molecule has 0 saturated carbocycles. The number of halogens is 1. The number of aliphatic hydroxyl groups is 1. The Balaban J connectivity index is 2.23. The number of aliphatic hydroxyl groups excluding tert-OH is 1.